The Kier molecular flexibility index (Phi) is 6.25. The summed E-state index contributed by atoms with van der Waals surface area (Å²) in [5, 5.41) is 0.954. The highest BCUT2D eigenvalue weighted by Gasteiger charge is 2.25. The number of hydrogen-bond acceptors (Lipinski definition) is 3. The highest BCUT2D eigenvalue weighted by molar-refractivity contribution is 9.09. The van der Waals surface area contributed by atoms with Gasteiger partial charge in [-0.15, -0.1) is 0 Å². The van der Waals surface area contributed by atoms with Crippen LogP contribution >= 0.6 is 15.9 Å². The first-order valence-electron chi connectivity index (χ1n) is 5.86. The molecule has 0 aliphatic carbocycles. The number of unbranched alkanes of at least 4 members (excludes halogenated alkanes) is 1. The van der Waals surface area contributed by atoms with Gasteiger partial charge < -0.3 is 0 Å². The Morgan fingerprint density at radius 1 is 1.19 bits per heavy atom. The molecule has 96 valence electrons. The van der Waals surface area contributed by atoms with Crippen LogP contribution in [0.4, 0.5) is 0 Å². The summed E-state index contributed by atoms with van der Waals surface area (Å²) in [4.78, 5) is 2.29. The van der Waals surface area contributed by atoms with E-state index in [1.807, 2.05) is 6.92 Å². The van der Waals surface area contributed by atoms with Crippen LogP contribution in [-0.4, -0.2) is 61.4 Å². The third kappa shape index (κ3) is 4.31. The van der Waals surface area contributed by atoms with Crippen LogP contribution in [0.5, 0.6) is 0 Å². The lowest BCUT2D eigenvalue weighted by atomic mass is 10.4. The van der Waals surface area contributed by atoms with Crippen LogP contribution in [0.15, 0.2) is 0 Å². The Morgan fingerprint density at radius 2 is 1.81 bits per heavy atom. The van der Waals surface area contributed by atoms with Gasteiger partial charge in [-0.25, -0.2) is 8.42 Å². The van der Waals surface area contributed by atoms with Crippen molar-refractivity contribution < 1.29 is 8.42 Å². The van der Waals surface area contributed by atoms with E-state index in [1.165, 1.54) is 0 Å². The van der Waals surface area contributed by atoms with Gasteiger partial charge in [0.1, 0.15) is 0 Å². The number of piperazine rings is 1. The molecule has 0 aromatic carbocycles. The van der Waals surface area contributed by atoms with E-state index in [0.717, 1.165) is 37.8 Å². The molecule has 0 atom stereocenters. The maximum absolute atomic E-state index is 11.9. The number of rotatable bonds is 6. The van der Waals surface area contributed by atoms with Crippen molar-refractivity contribution in [1.82, 2.24) is 9.21 Å². The molecule has 0 radical (unpaired) electrons. The zero-order chi connectivity index (χ0) is 12.0. The smallest absolute Gasteiger partial charge is 0.214 e. The molecule has 0 aromatic rings. The second-order valence-electron chi connectivity index (χ2n) is 4.10. The minimum atomic E-state index is -2.99. The molecular weight excluding hydrogens is 292 g/mol. The van der Waals surface area contributed by atoms with E-state index in [9.17, 15) is 8.42 Å². The van der Waals surface area contributed by atoms with Crippen LogP contribution in [0, 0.1) is 0 Å². The standard InChI is InChI=1S/C10H21BrN2O2S/c1-2-3-10-16(14,15)13-8-6-12(5-4-11)7-9-13/h2-10H2,1H3. The van der Waals surface area contributed by atoms with Crippen LogP contribution in [-0.2, 0) is 10.0 Å². The highest BCUT2D eigenvalue weighted by Crippen LogP contribution is 2.09. The third-order valence-electron chi connectivity index (χ3n) is 2.88. The number of hydrogen-bond donors (Lipinski definition) is 0. The summed E-state index contributed by atoms with van der Waals surface area (Å²) in [6.07, 6.45) is 1.70. The monoisotopic (exact) mass is 312 g/mol. The minimum absolute atomic E-state index is 0.307. The molecule has 1 aliphatic rings. The summed E-state index contributed by atoms with van der Waals surface area (Å²) in [5.41, 5.74) is 0. The van der Waals surface area contributed by atoms with E-state index in [1.54, 1.807) is 4.31 Å². The molecule has 0 amide bonds. The van der Waals surface area contributed by atoms with Crippen molar-refractivity contribution in [3.8, 4) is 0 Å². The quantitative estimate of drug-likeness (QED) is 0.690. The van der Waals surface area contributed by atoms with Crippen molar-refractivity contribution in [2.45, 2.75) is 19.8 Å². The predicted molar refractivity (Wildman–Crippen MR) is 70.5 cm³/mol. The molecule has 1 fully saturated rings. The summed E-state index contributed by atoms with van der Waals surface area (Å²) in [6, 6.07) is 0. The first-order chi connectivity index (χ1) is 7.60. The number of sulfonamides is 1. The maximum atomic E-state index is 11.9. The number of halogens is 1. The van der Waals surface area contributed by atoms with Gasteiger partial charge in [-0.1, -0.05) is 29.3 Å². The van der Waals surface area contributed by atoms with Crippen LogP contribution in [0.3, 0.4) is 0 Å². The molecule has 16 heavy (non-hydrogen) atoms. The summed E-state index contributed by atoms with van der Waals surface area (Å²) < 4.78 is 25.5. The molecule has 0 N–H and O–H groups in total. The molecule has 1 saturated heterocycles. The zero-order valence-corrected chi connectivity index (χ0v) is 12.3. The van der Waals surface area contributed by atoms with Gasteiger partial charge >= 0.3 is 0 Å². The van der Waals surface area contributed by atoms with Gasteiger partial charge in [0.25, 0.3) is 0 Å². The maximum Gasteiger partial charge on any atom is 0.214 e. The Hall–Kier alpha value is 0.350. The van der Waals surface area contributed by atoms with Crippen molar-refractivity contribution in [3.05, 3.63) is 0 Å². The first-order valence-corrected chi connectivity index (χ1v) is 8.59. The van der Waals surface area contributed by atoms with E-state index in [4.69, 9.17) is 0 Å². The lowest BCUT2D eigenvalue weighted by Gasteiger charge is -2.33. The molecule has 0 unspecified atom stereocenters. The molecule has 1 aliphatic heterocycles. The van der Waals surface area contributed by atoms with Crippen molar-refractivity contribution in [3.63, 3.8) is 0 Å². The summed E-state index contributed by atoms with van der Waals surface area (Å²) in [6.45, 7) is 6.04. The van der Waals surface area contributed by atoms with Crippen LogP contribution in [0.2, 0.25) is 0 Å². The van der Waals surface area contributed by atoms with Gasteiger partial charge in [-0.2, -0.15) is 4.31 Å². The number of nitrogens with zero attached hydrogens (tertiary/aromatic N) is 2. The normalized spacial score (nSPS) is 20.1. The van der Waals surface area contributed by atoms with E-state index in [-0.39, 0.29) is 0 Å². The Bertz CT molecular complexity index is 287. The third-order valence-corrected chi connectivity index (χ3v) is 5.19. The van der Waals surface area contributed by atoms with Gasteiger partial charge in [0.2, 0.25) is 10.0 Å². The van der Waals surface area contributed by atoms with Gasteiger partial charge in [0.05, 0.1) is 5.75 Å². The van der Waals surface area contributed by atoms with E-state index >= 15 is 0 Å². The highest BCUT2D eigenvalue weighted by atomic mass is 79.9. The fourth-order valence-corrected chi connectivity index (χ4v) is 3.94. The fraction of sp³-hybridized carbons (Fsp3) is 1.00. The largest absolute Gasteiger partial charge is 0.300 e. The minimum Gasteiger partial charge on any atom is -0.300 e. The molecule has 0 spiro atoms. The molecule has 1 heterocycles. The Morgan fingerprint density at radius 3 is 2.31 bits per heavy atom. The van der Waals surface area contributed by atoms with Crippen molar-refractivity contribution >= 4 is 26.0 Å². The van der Waals surface area contributed by atoms with Crippen LogP contribution < -0.4 is 0 Å². The van der Waals surface area contributed by atoms with Gasteiger partial charge in [0.15, 0.2) is 0 Å². The SMILES string of the molecule is CCCCS(=O)(=O)N1CCN(CCBr)CC1. The molecule has 6 heteroatoms. The van der Waals surface area contributed by atoms with Gasteiger partial charge in [0, 0.05) is 38.1 Å². The molecule has 0 bridgehead atoms. The topological polar surface area (TPSA) is 40.6 Å². The Labute approximate surface area is 107 Å². The predicted octanol–water partition coefficient (Wildman–Crippen LogP) is 1.13. The van der Waals surface area contributed by atoms with Crippen molar-refractivity contribution in [2.75, 3.05) is 43.8 Å². The van der Waals surface area contributed by atoms with E-state index < -0.39 is 10.0 Å². The van der Waals surface area contributed by atoms with Crippen molar-refractivity contribution in [2.24, 2.45) is 0 Å². The molecule has 0 saturated carbocycles. The van der Waals surface area contributed by atoms with Crippen LogP contribution in [0.25, 0.3) is 0 Å². The van der Waals surface area contributed by atoms with Crippen molar-refractivity contribution in [1.29, 1.82) is 0 Å². The average molecular weight is 313 g/mol. The number of alkyl halides is 1. The Balaban J connectivity index is 2.40. The zero-order valence-electron chi connectivity index (χ0n) is 9.86. The van der Waals surface area contributed by atoms with E-state index in [2.05, 4.69) is 20.8 Å². The summed E-state index contributed by atoms with van der Waals surface area (Å²) in [5.74, 6) is 0.307. The average Bonchev–Trinajstić information content (AvgIpc) is 2.28. The second kappa shape index (κ2) is 6.93. The summed E-state index contributed by atoms with van der Waals surface area (Å²) in [7, 11) is -2.99. The molecule has 4 nitrogen and oxygen atoms in total. The lowest BCUT2D eigenvalue weighted by Crippen LogP contribution is -2.49. The fourth-order valence-electron chi connectivity index (χ4n) is 1.81. The van der Waals surface area contributed by atoms with E-state index in [0.29, 0.717) is 18.8 Å². The van der Waals surface area contributed by atoms with Gasteiger partial charge in [-0.05, 0) is 6.42 Å². The second-order valence-corrected chi connectivity index (χ2v) is 6.98. The molecule has 0 aromatic heterocycles. The molecule has 1 rings (SSSR count). The summed E-state index contributed by atoms with van der Waals surface area (Å²) >= 11 is 3.40. The molecular formula is C10H21BrN2O2S. The van der Waals surface area contributed by atoms with Crippen LogP contribution in [0.1, 0.15) is 19.8 Å². The first kappa shape index (κ1) is 14.4. The van der Waals surface area contributed by atoms with Gasteiger partial charge in [-0.3, -0.25) is 4.90 Å². The lowest BCUT2D eigenvalue weighted by molar-refractivity contribution is 0.198.